The van der Waals surface area contributed by atoms with Gasteiger partial charge in [0.05, 0.1) is 22.8 Å². The fraction of sp³-hybridized carbons (Fsp3) is 0.423. The van der Waals surface area contributed by atoms with Crippen molar-refractivity contribution in [1.29, 1.82) is 0 Å². The molecule has 35 heavy (non-hydrogen) atoms. The summed E-state index contributed by atoms with van der Waals surface area (Å²) in [6.07, 6.45) is 6.84. The zero-order valence-electron chi connectivity index (χ0n) is 19.7. The molecule has 4 atom stereocenters. The summed E-state index contributed by atoms with van der Waals surface area (Å²) in [5.74, 6) is 0.658. The monoisotopic (exact) mass is 491 g/mol. The normalized spacial score (nSPS) is 26.6. The third-order valence-corrected chi connectivity index (χ3v) is 8.09. The second-order valence-corrected chi connectivity index (χ2v) is 10.5. The number of aromatic amines is 1. The first-order valence-electron chi connectivity index (χ1n) is 12.2. The number of nitrogens with two attached hydrogens (primary N) is 1. The molecule has 1 saturated carbocycles. The van der Waals surface area contributed by atoms with Crippen molar-refractivity contribution in [1.82, 2.24) is 24.8 Å². The number of aromatic nitrogens is 3. The number of imidazole rings is 1. The number of allylic oxidation sites excluding steroid dienone is 1. The molecular formula is C26H30ClN7O. The number of amides is 1. The molecule has 1 amide bonds. The predicted octanol–water partition coefficient (Wildman–Crippen LogP) is 3.11. The predicted molar refractivity (Wildman–Crippen MR) is 138 cm³/mol. The Bertz CT molecular complexity index is 1280. The number of halogens is 1. The molecule has 1 saturated heterocycles. The summed E-state index contributed by atoms with van der Waals surface area (Å²) in [6, 6.07) is 8.44. The number of likely N-dealkylation sites (N-methyl/N-ethyl adjacent to an activating group) is 1. The van der Waals surface area contributed by atoms with Gasteiger partial charge in [0, 0.05) is 44.3 Å². The summed E-state index contributed by atoms with van der Waals surface area (Å²) >= 11 is 6.57. The van der Waals surface area contributed by atoms with Gasteiger partial charge in [-0.25, -0.2) is 9.97 Å². The number of piperazine rings is 1. The van der Waals surface area contributed by atoms with Gasteiger partial charge in [-0.15, -0.1) is 0 Å². The Labute approximate surface area is 209 Å². The molecule has 2 bridgehead atoms. The first-order valence-corrected chi connectivity index (χ1v) is 12.6. The van der Waals surface area contributed by atoms with E-state index in [1.165, 1.54) is 5.56 Å². The first-order chi connectivity index (χ1) is 17.0. The Morgan fingerprint density at radius 1 is 1.17 bits per heavy atom. The minimum atomic E-state index is -0.275. The Morgan fingerprint density at radius 3 is 2.66 bits per heavy atom. The summed E-state index contributed by atoms with van der Waals surface area (Å²) < 4.78 is 0. The van der Waals surface area contributed by atoms with Crippen LogP contribution in [-0.4, -0.2) is 69.9 Å². The standard InChI is InChI=1S/C26H30ClN7O/c1-33-8-10-34(11-9-33)14-15-2-4-16(5-3-15)25-31-23-22(19(27)13-29-26(23)32-25)30-21-18-7-6-17(12-18)20(21)24(28)35/h2-7,13,17-18,20-21H,8-12,14H2,1H3,(H2,28,35)(H2,29,30,31,32)/t17-,18-,20+,21-/m1/s1. The van der Waals surface area contributed by atoms with E-state index in [9.17, 15) is 4.79 Å². The van der Waals surface area contributed by atoms with Crippen molar-refractivity contribution in [3.05, 3.63) is 53.2 Å². The van der Waals surface area contributed by atoms with Gasteiger partial charge in [0.2, 0.25) is 5.91 Å². The average Bonchev–Trinajstić information content (AvgIpc) is 3.58. The van der Waals surface area contributed by atoms with E-state index in [-0.39, 0.29) is 29.7 Å². The number of nitrogens with zero attached hydrogens (tertiary/aromatic N) is 4. The van der Waals surface area contributed by atoms with Crippen LogP contribution in [0.25, 0.3) is 22.6 Å². The average molecular weight is 492 g/mol. The molecule has 3 aromatic rings. The van der Waals surface area contributed by atoms with E-state index in [0.717, 1.165) is 61.7 Å². The molecule has 0 unspecified atom stereocenters. The quantitative estimate of drug-likeness (QED) is 0.458. The van der Waals surface area contributed by atoms with Crippen LogP contribution in [0.1, 0.15) is 12.0 Å². The molecular weight excluding hydrogens is 462 g/mol. The molecule has 9 heteroatoms. The molecule has 1 aliphatic heterocycles. The maximum Gasteiger partial charge on any atom is 0.223 e. The fourth-order valence-corrected chi connectivity index (χ4v) is 6.01. The van der Waals surface area contributed by atoms with Gasteiger partial charge in [-0.2, -0.15) is 0 Å². The van der Waals surface area contributed by atoms with E-state index in [1.54, 1.807) is 6.20 Å². The summed E-state index contributed by atoms with van der Waals surface area (Å²) in [5.41, 5.74) is 10.1. The van der Waals surface area contributed by atoms with Crippen LogP contribution in [0.2, 0.25) is 5.02 Å². The lowest BCUT2D eigenvalue weighted by Crippen LogP contribution is -2.43. The van der Waals surface area contributed by atoms with E-state index in [0.29, 0.717) is 10.7 Å². The number of hydrogen-bond acceptors (Lipinski definition) is 6. The second-order valence-electron chi connectivity index (χ2n) is 10.1. The lowest BCUT2D eigenvalue weighted by atomic mass is 9.88. The molecule has 8 nitrogen and oxygen atoms in total. The van der Waals surface area contributed by atoms with E-state index < -0.39 is 0 Å². The summed E-state index contributed by atoms with van der Waals surface area (Å²) in [4.78, 5) is 29.6. The first kappa shape index (κ1) is 22.5. The van der Waals surface area contributed by atoms with Crippen LogP contribution >= 0.6 is 11.6 Å². The largest absolute Gasteiger partial charge is 0.378 e. The van der Waals surface area contributed by atoms with Crippen LogP contribution in [0, 0.1) is 17.8 Å². The van der Waals surface area contributed by atoms with Gasteiger partial charge in [-0.1, -0.05) is 48.0 Å². The number of H-pyrrole nitrogens is 1. The summed E-state index contributed by atoms with van der Waals surface area (Å²) in [5, 5.41) is 4.02. The number of fused-ring (bicyclic) bond motifs is 3. The molecule has 4 N–H and O–H groups in total. The van der Waals surface area contributed by atoms with Gasteiger partial charge in [0.15, 0.2) is 5.65 Å². The number of carbonyl (C=O) groups is 1. The van der Waals surface area contributed by atoms with Gasteiger partial charge < -0.3 is 20.9 Å². The molecule has 0 radical (unpaired) electrons. The Kier molecular flexibility index (Phi) is 5.75. The maximum absolute atomic E-state index is 12.2. The number of pyridine rings is 1. The SMILES string of the molecule is CN1CCN(Cc2ccc(-c3nc4ncc(Cl)c(N[C@H]5[C@@H](C(N)=O)[C@@H]6C=C[C@@H]5C6)c4[nH]3)cc2)CC1. The highest BCUT2D eigenvalue weighted by Gasteiger charge is 2.47. The van der Waals surface area contributed by atoms with Crippen molar-refractivity contribution in [2.45, 2.75) is 19.0 Å². The zero-order valence-corrected chi connectivity index (χ0v) is 20.5. The van der Waals surface area contributed by atoms with Crippen LogP contribution in [0.3, 0.4) is 0 Å². The molecule has 2 fully saturated rings. The Morgan fingerprint density at radius 2 is 1.91 bits per heavy atom. The van der Waals surface area contributed by atoms with Crippen molar-refractivity contribution in [3.63, 3.8) is 0 Å². The van der Waals surface area contributed by atoms with Gasteiger partial charge in [0.1, 0.15) is 11.3 Å². The third-order valence-electron chi connectivity index (χ3n) is 7.80. The van der Waals surface area contributed by atoms with Gasteiger partial charge >= 0.3 is 0 Å². The molecule has 0 spiro atoms. The smallest absolute Gasteiger partial charge is 0.223 e. The van der Waals surface area contributed by atoms with E-state index in [2.05, 4.69) is 68.5 Å². The summed E-state index contributed by atoms with van der Waals surface area (Å²) in [7, 11) is 2.17. The number of primary amides is 1. The molecule has 3 heterocycles. The van der Waals surface area contributed by atoms with Crippen LogP contribution in [-0.2, 0) is 11.3 Å². The highest BCUT2D eigenvalue weighted by atomic mass is 35.5. The minimum absolute atomic E-state index is 0.0915. The minimum Gasteiger partial charge on any atom is -0.378 e. The van der Waals surface area contributed by atoms with Crippen molar-refractivity contribution in [2.24, 2.45) is 23.5 Å². The highest BCUT2D eigenvalue weighted by molar-refractivity contribution is 6.34. The fourth-order valence-electron chi connectivity index (χ4n) is 5.82. The summed E-state index contributed by atoms with van der Waals surface area (Å²) in [6.45, 7) is 5.38. The zero-order chi connectivity index (χ0) is 24.1. The van der Waals surface area contributed by atoms with Crippen molar-refractivity contribution < 1.29 is 4.79 Å². The number of hydrogen-bond donors (Lipinski definition) is 3. The van der Waals surface area contributed by atoms with Crippen LogP contribution in [0.4, 0.5) is 5.69 Å². The second kappa shape index (κ2) is 8.93. The number of nitrogens with one attached hydrogen (secondary N) is 2. The highest BCUT2D eigenvalue weighted by Crippen LogP contribution is 2.46. The van der Waals surface area contributed by atoms with Crippen LogP contribution in [0.15, 0.2) is 42.6 Å². The topological polar surface area (TPSA) is 103 Å². The maximum atomic E-state index is 12.2. The molecule has 6 rings (SSSR count). The van der Waals surface area contributed by atoms with Gasteiger partial charge in [-0.3, -0.25) is 9.69 Å². The number of carbonyl (C=O) groups excluding carboxylic acids is 1. The van der Waals surface area contributed by atoms with Gasteiger partial charge in [0.25, 0.3) is 0 Å². The third kappa shape index (κ3) is 4.20. The van der Waals surface area contributed by atoms with Crippen molar-refractivity contribution in [2.75, 3.05) is 38.5 Å². The van der Waals surface area contributed by atoms with E-state index in [1.807, 2.05) is 0 Å². The van der Waals surface area contributed by atoms with E-state index in [4.69, 9.17) is 22.3 Å². The Balaban J connectivity index is 1.24. The molecule has 2 aliphatic carbocycles. The number of benzene rings is 1. The van der Waals surface area contributed by atoms with Crippen LogP contribution < -0.4 is 11.1 Å². The Hall–Kier alpha value is -2.94. The van der Waals surface area contributed by atoms with Crippen molar-refractivity contribution >= 4 is 34.4 Å². The van der Waals surface area contributed by atoms with Crippen molar-refractivity contribution in [3.8, 4) is 11.4 Å². The van der Waals surface area contributed by atoms with E-state index >= 15 is 0 Å². The molecule has 182 valence electrons. The molecule has 1 aromatic carbocycles. The molecule has 3 aliphatic rings. The lowest BCUT2D eigenvalue weighted by Gasteiger charge is -2.32. The van der Waals surface area contributed by atoms with Gasteiger partial charge in [-0.05, 0) is 30.9 Å². The van der Waals surface area contributed by atoms with Crippen LogP contribution in [0.5, 0.6) is 0 Å². The number of anilines is 1. The lowest BCUT2D eigenvalue weighted by molar-refractivity contribution is -0.122. The number of rotatable bonds is 6. The molecule has 2 aromatic heterocycles.